The summed E-state index contributed by atoms with van der Waals surface area (Å²) in [7, 11) is 0. The number of hydrogen-bond donors (Lipinski definition) is 1. The molecule has 6 nitrogen and oxygen atoms in total. The van der Waals surface area contributed by atoms with Gasteiger partial charge in [0.25, 0.3) is 0 Å². The van der Waals surface area contributed by atoms with Crippen molar-refractivity contribution in [3.63, 3.8) is 0 Å². The van der Waals surface area contributed by atoms with Crippen LogP contribution in [0.25, 0.3) is 5.82 Å². The molecule has 0 aliphatic rings. The number of pyridine rings is 1. The number of hydrogen-bond acceptors (Lipinski definition) is 5. The molecule has 0 atom stereocenters. The van der Waals surface area contributed by atoms with Crippen LogP contribution in [0.2, 0.25) is 10.0 Å². The molecule has 0 saturated carbocycles. The van der Waals surface area contributed by atoms with Crippen LogP contribution in [0, 0.1) is 27.7 Å². The van der Waals surface area contributed by atoms with Gasteiger partial charge in [-0.1, -0.05) is 53.0 Å². The molecule has 1 aromatic carbocycles. The Hall–Kier alpha value is -2.96. The maximum Gasteiger partial charge on any atom is 0.174 e. The van der Waals surface area contributed by atoms with Crippen molar-refractivity contribution < 1.29 is 0 Å². The highest BCUT2D eigenvalue weighted by atomic mass is 35.5. The third kappa shape index (κ3) is 4.70. The molecule has 1 N–H and O–H groups in total. The number of benzene rings is 1. The molecule has 3 aromatic heterocycles. The maximum absolute atomic E-state index is 6.39. The molecule has 0 bridgehead atoms. The van der Waals surface area contributed by atoms with Gasteiger partial charge in [-0.25, -0.2) is 15.0 Å². The third-order valence-corrected chi connectivity index (χ3v) is 5.38. The van der Waals surface area contributed by atoms with Crippen molar-refractivity contribution in [2.75, 3.05) is 5.32 Å². The van der Waals surface area contributed by atoms with E-state index < -0.39 is 0 Å². The quantitative estimate of drug-likeness (QED) is 0.406. The van der Waals surface area contributed by atoms with Crippen molar-refractivity contribution in [3.8, 4) is 5.82 Å². The van der Waals surface area contributed by atoms with Gasteiger partial charge in [-0.3, -0.25) is 0 Å². The number of anilines is 2. The van der Waals surface area contributed by atoms with E-state index in [4.69, 9.17) is 23.2 Å². The van der Waals surface area contributed by atoms with E-state index in [1.807, 2.05) is 26.8 Å². The molecule has 0 aliphatic carbocycles. The first-order valence-corrected chi connectivity index (χ1v) is 10.6. The lowest BCUT2D eigenvalue weighted by Crippen LogP contribution is -2.10. The van der Waals surface area contributed by atoms with E-state index in [0.29, 0.717) is 33.9 Å². The van der Waals surface area contributed by atoms with Crippen molar-refractivity contribution in [3.05, 3.63) is 86.5 Å². The van der Waals surface area contributed by atoms with Gasteiger partial charge in [0.1, 0.15) is 17.5 Å². The van der Waals surface area contributed by atoms with Gasteiger partial charge in [0.2, 0.25) is 0 Å². The Balaban J connectivity index is 1.76. The fraction of sp³-hybridized carbons (Fsp3) is 0.217. The minimum absolute atomic E-state index is 0.411. The zero-order chi connectivity index (χ0) is 22.1. The summed E-state index contributed by atoms with van der Waals surface area (Å²) in [5, 5.41) is 8.87. The molecule has 0 spiro atoms. The zero-order valence-corrected chi connectivity index (χ0v) is 19.3. The first kappa shape index (κ1) is 21.3. The molecule has 0 saturated heterocycles. The van der Waals surface area contributed by atoms with Crippen LogP contribution in [-0.2, 0) is 6.42 Å². The number of aryl methyl sites for hydroxylation is 4. The molecule has 3 heterocycles. The van der Waals surface area contributed by atoms with Crippen LogP contribution < -0.4 is 5.32 Å². The topological polar surface area (TPSA) is 68.5 Å². The summed E-state index contributed by atoms with van der Waals surface area (Å²) in [5.41, 5.74) is 5.19. The summed E-state index contributed by atoms with van der Waals surface area (Å²) in [6.45, 7) is 7.88. The SMILES string of the molecule is Cc1ccc(Cc2c(C)nc(C)nc2Nc2cc(C)nn2-c2ncc(Cl)cc2Cl)cc1. The van der Waals surface area contributed by atoms with E-state index >= 15 is 0 Å². The molecular weight excluding hydrogens is 431 g/mol. The van der Waals surface area contributed by atoms with Crippen LogP contribution in [0.4, 0.5) is 11.6 Å². The number of nitrogens with one attached hydrogen (secondary N) is 1. The van der Waals surface area contributed by atoms with Crippen LogP contribution in [0.1, 0.15) is 33.9 Å². The van der Waals surface area contributed by atoms with Gasteiger partial charge in [-0.15, -0.1) is 0 Å². The Kier molecular flexibility index (Phi) is 5.94. The summed E-state index contributed by atoms with van der Waals surface area (Å²) in [5.74, 6) is 2.62. The van der Waals surface area contributed by atoms with E-state index in [2.05, 4.69) is 56.6 Å². The minimum atomic E-state index is 0.411. The number of halogens is 2. The second kappa shape index (κ2) is 8.65. The fourth-order valence-corrected chi connectivity index (χ4v) is 3.86. The first-order chi connectivity index (χ1) is 14.8. The van der Waals surface area contributed by atoms with Crippen LogP contribution in [0.15, 0.2) is 42.6 Å². The number of aromatic nitrogens is 5. The highest BCUT2D eigenvalue weighted by molar-refractivity contribution is 6.35. The highest BCUT2D eigenvalue weighted by Crippen LogP contribution is 2.28. The molecule has 0 aliphatic heterocycles. The van der Waals surface area contributed by atoms with E-state index in [0.717, 1.165) is 22.8 Å². The smallest absolute Gasteiger partial charge is 0.174 e. The Morgan fingerprint density at radius 3 is 2.42 bits per heavy atom. The largest absolute Gasteiger partial charge is 0.324 e. The van der Waals surface area contributed by atoms with E-state index in [-0.39, 0.29) is 0 Å². The van der Waals surface area contributed by atoms with E-state index in [1.54, 1.807) is 16.9 Å². The molecular formula is C23H22Cl2N6. The molecule has 4 rings (SSSR count). The van der Waals surface area contributed by atoms with Crippen LogP contribution in [0.3, 0.4) is 0 Å². The molecule has 0 unspecified atom stereocenters. The van der Waals surface area contributed by atoms with Gasteiger partial charge in [-0.05, 0) is 39.3 Å². The summed E-state index contributed by atoms with van der Waals surface area (Å²) in [4.78, 5) is 13.6. The van der Waals surface area contributed by atoms with Gasteiger partial charge in [0.15, 0.2) is 5.82 Å². The monoisotopic (exact) mass is 452 g/mol. The van der Waals surface area contributed by atoms with E-state index in [1.165, 1.54) is 11.1 Å². The highest BCUT2D eigenvalue weighted by Gasteiger charge is 2.17. The third-order valence-electron chi connectivity index (χ3n) is 4.89. The second-order valence-electron chi connectivity index (χ2n) is 7.51. The first-order valence-electron chi connectivity index (χ1n) is 9.85. The van der Waals surface area contributed by atoms with Crippen LogP contribution >= 0.6 is 23.2 Å². The van der Waals surface area contributed by atoms with Crippen molar-refractivity contribution in [2.24, 2.45) is 0 Å². The van der Waals surface area contributed by atoms with Crippen molar-refractivity contribution in [1.29, 1.82) is 0 Å². The number of rotatable bonds is 5. The Labute approximate surface area is 191 Å². The Morgan fingerprint density at radius 1 is 0.968 bits per heavy atom. The summed E-state index contributed by atoms with van der Waals surface area (Å²) in [6.07, 6.45) is 2.26. The molecule has 158 valence electrons. The van der Waals surface area contributed by atoms with Gasteiger partial charge < -0.3 is 5.32 Å². The number of nitrogens with zero attached hydrogens (tertiary/aromatic N) is 5. The molecule has 0 fully saturated rings. The van der Waals surface area contributed by atoms with Crippen LogP contribution in [-0.4, -0.2) is 24.7 Å². The maximum atomic E-state index is 6.39. The summed E-state index contributed by atoms with van der Waals surface area (Å²) in [6, 6.07) is 12.1. The lowest BCUT2D eigenvalue weighted by molar-refractivity contribution is 0.837. The van der Waals surface area contributed by atoms with Crippen molar-refractivity contribution >= 4 is 34.8 Å². The zero-order valence-electron chi connectivity index (χ0n) is 17.7. The normalized spacial score (nSPS) is 11.0. The average Bonchev–Trinajstić information content (AvgIpc) is 3.06. The molecule has 4 aromatic rings. The Morgan fingerprint density at radius 2 is 1.71 bits per heavy atom. The second-order valence-corrected chi connectivity index (χ2v) is 8.36. The van der Waals surface area contributed by atoms with Gasteiger partial charge in [0, 0.05) is 29.9 Å². The lowest BCUT2D eigenvalue weighted by Gasteiger charge is -2.15. The molecule has 31 heavy (non-hydrogen) atoms. The molecule has 8 heteroatoms. The Bertz CT molecular complexity index is 1250. The average molecular weight is 453 g/mol. The van der Waals surface area contributed by atoms with Crippen LogP contribution in [0.5, 0.6) is 0 Å². The molecule has 0 radical (unpaired) electrons. The van der Waals surface area contributed by atoms with Gasteiger partial charge in [-0.2, -0.15) is 9.78 Å². The van der Waals surface area contributed by atoms with Gasteiger partial charge >= 0.3 is 0 Å². The summed E-state index contributed by atoms with van der Waals surface area (Å²) < 4.78 is 1.66. The lowest BCUT2D eigenvalue weighted by atomic mass is 10.0. The summed E-state index contributed by atoms with van der Waals surface area (Å²) >= 11 is 12.4. The van der Waals surface area contributed by atoms with E-state index in [9.17, 15) is 0 Å². The van der Waals surface area contributed by atoms with Crippen molar-refractivity contribution in [1.82, 2.24) is 24.7 Å². The molecule has 0 amide bonds. The van der Waals surface area contributed by atoms with Gasteiger partial charge in [0.05, 0.1) is 15.7 Å². The minimum Gasteiger partial charge on any atom is -0.324 e. The fourth-order valence-electron chi connectivity index (χ4n) is 3.40. The van der Waals surface area contributed by atoms with Crippen molar-refractivity contribution in [2.45, 2.75) is 34.1 Å². The predicted octanol–water partition coefficient (Wildman–Crippen LogP) is 5.93. The predicted molar refractivity (Wildman–Crippen MR) is 125 cm³/mol. The standard InChI is InChI=1S/C23H22Cl2N6/c1-13-5-7-17(8-6-13)10-19-15(3)27-16(4)28-22(19)29-21-9-14(2)30-31(21)23-20(25)11-18(24)12-26-23/h5-9,11-12H,10H2,1-4H3,(H,27,28,29).